The Hall–Kier alpha value is -1.64. The Morgan fingerprint density at radius 3 is 2.11 bits per heavy atom. The summed E-state index contributed by atoms with van der Waals surface area (Å²) in [5.41, 5.74) is 0.848. The summed E-state index contributed by atoms with van der Waals surface area (Å²) < 4.78 is 4.97. The average molecular weight is 248 g/mol. The molecule has 0 aliphatic rings. The highest BCUT2D eigenvalue weighted by atomic mass is 16.5. The van der Waals surface area contributed by atoms with Crippen LogP contribution in [0.5, 0.6) is 0 Å². The zero-order chi connectivity index (χ0) is 13.5. The third-order valence-corrected chi connectivity index (χ3v) is 3.04. The molecular formula is C15H20O3. The second-order valence-corrected chi connectivity index (χ2v) is 4.14. The van der Waals surface area contributed by atoms with Crippen molar-refractivity contribution in [2.75, 3.05) is 6.61 Å². The van der Waals surface area contributed by atoms with Crippen LogP contribution < -0.4 is 0 Å². The van der Waals surface area contributed by atoms with E-state index in [1.807, 2.05) is 13.8 Å². The summed E-state index contributed by atoms with van der Waals surface area (Å²) in [4.78, 5) is 24.1. The lowest BCUT2D eigenvalue weighted by Gasteiger charge is -2.13. The van der Waals surface area contributed by atoms with Crippen molar-refractivity contribution in [1.82, 2.24) is 0 Å². The molecule has 0 heterocycles. The molecule has 0 aromatic heterocycles. The zero-order valence-corrected chi connectivity index (χ0v) is 11.2. The van der Waals surface area contributed by atoms with Gasteiger partial charge in [0.2, 0.25) is 0 Å². The molecular weight excluding hydrogens is 228 g/mol. The first kappa shape index (κ1) is 14.4. The molecule has 0 saturated heterocycles. The van der Waals surface area contributed by atoms with Gasteiger partial charge in [0.15, 0.2) is 5.78 Å². The molecule has 0 bridgehead atoms. The van der Waals surface area contributed by atoms with Crippen LogP contribution in [0.3, 0.4) is 0 Å². The van der Waals surface area contributed by atoms with Crippen LogP contribution in [0.4, 0.5) is 0 Å². The van der Waals surface area contributed by atoms with Gasteiger partial charge in [0.25, 0.3) is 0 Å². The van der Waals surface area contributed by atoms with Crippen molar-refractivity contribution in [2.24, 2.45) is 5.92 Å². The average Bonchev–Trinajstić information content (AvgIpc) is 2.40. The van der Waals surface area contributed by atoms with E-state index in [-0.39, 0.29) is 11.7 Å². The molecule has 0 N–H and O–H groups in total. The largest absolute Gasteiger partial charge is 0.462 e. The van der Waals surface area contributed by atoms with E-state index in [1.54, 1.807) is 31.2 Å². The molecule has 18 heavy (non-hydrogen) atoms. The molecule has 0 atom stereocenters. The fourth-order valence-electron chi connectivity index (χ4n) is 1.96. The third kappa shape index (κ3) is 3.19. The van der Waals surface area contributed by atoms with Gasteiger partial charge in [-0.25, -0.2) is 4.79 Å². The minimum absolute atomic E-state index is 0.0272. The van der Waals surface area contributed by atoms with Gasteiger partial charge in [-0.3, -0.25) is 4.79 Å². The van der Waals surface area contributed by atoms with Crippen LogP contribution in [0.15, 0.2) is 24.3 Å². The normalized spacial score (nSPS) is 10.4. The molecule has 0 amide bonds. The van der Waals surface area contributed by atoms with Crippen LogP contribution in [0.2, 0.25) is 0 Å². The van der Waals surface area contributed by atoms with E-state index in [0.717, 1.165) is 12.8 Å². The van der Waals surface area contributed by atoms with E-state index in [4.69, 9.17) is 4.74 Å². The van der Waals surface area contributed by atoms with Crippen molar-refractivity contribution in [3.8, 4) is 0 Å². The van der Waals surface area contributed by atoms with Crippen LogP contribution in [0.1, 0.15) is 54.3 Å². The Morgan fingerprint density at radius 1 is 1.06 bits per heavy atom. The van der Waals surface area contributed by atoms with Crippen LogP contribution in [-0.4, -0.2) is 18.4 Å². The van der Waals surface area contributed by atoms with Gasteiger partial charge >= 0.3 is 5.97 Å². The number of hydrogen-bond acceptors (Lipinski definition) is 3. The maximum Gasteiger partial charge on any atom is 0.338 e. The van der Waals surface area contributed by atoms with Crippen LogP contribution >= 0.6 is 0 Å². The first-order chi connectivity index (χ1) is 8.65. The maximum atomic E-state index is 12.3. The van der Waals surface area contributed by atoms with Crippen molar-refractivity contribution in [2.45, 2.75) is 33.6 Å². The van der Waals surface area contributed by atoms with Gasteiger partial charge in [-0.05, 0) is 25.8 Å². The van der Waals surface area contributed by atoms with Gasteiger partial charge in [-0.15, -0.1) is 0 Å². The number of rotatable bonds is 6. The van der Waals surface area contributed by atoms with Crippen molar-refractivity contribution in [1.29, 1.82) is 0 Å². The lowest BCUT2D eigenvalue weighted by Crippen LogP contribution is -2.18. The predicted molar refractivity (Wildman–Crippen MR) is 70.8 cm³/mol. The summed E-state index contributed by atoms with van der Waals surface area (Å²) in [6.07, 6.45) is 1.57. The molecule has 0 radical (unpaired) electrons. The smallest absolute Gasteiger partial charge is 0.338 e. The summed E-state index contributed by atoms with van der Waals surface area (Å²) in [5, 5.41) is 0. The van der Waals surface area contributed by atoms with E-state index < -0.39 is 5.97 Å². The highest BCUT2D eigenvalue weighted by Gasteiger charge is 2.22. The highest BCUT2D eigenvalue weighted by Crippen LogP contribution is 2.19. The van der Waals surface area contributed by atoms with Crippen molar-refractivity contribution in [3.63, 3.8) is 0 Å². The molecule has 0 spiro atoms. The van der Waals surface area contributed by atoms with Gasteiger partial charge < -0.3 is 4.74 Å². The number of Topliss-reactive ketones (excluding diaryl/α,β-unsaturated/α-hetero) is 1. The van der Waals surface area contributed by atoms with Gasteiger partial charge in [0.05, 0.1) is 12.2 Å². The minimum Gasteiger partial charge on any atom is -0.462 e. The summed E-state index contributed by atoms with van der Waals surface area (Å²) in [7, 11) is 0. The zero-order valence-electron chi connectivity index (χ0n) is 11.2. The lowest BCUT2D eigenvalue weighted by molar-refractivity contribution is 0.0522. The topological polar surface area (TPSA) is 43.4 Å². The van der Waals surface area contributed by atoms with E-state index in [1.165, 1.54) is 0 Å². The van der Waals surface area contributed by atoms with Gasteiger partial charge in [0.1, 0.15) is 0 Å². The van der Waals surface area contributed by atoms with Crippen LogP contribution in [0.25, 0.3) is 0 Å². The molecule has 3 nitrogen and oxygen atoms in total. The number of ether oxygens (including phenoxy) is 1. The molecule has 0 aliphatic heterocycles. The molecule has 0 fully saturated rings. The standard InChI is InChI=1S/C15H20O3/c1-4-11(5-2)14(16)12-9-7-8-10-13(12)15(17)18-6-3/h7-11H,4-6H2,1-3H3. The number of esters is 1. The third-order valence-electron chi connectivity index (χ3n) is 3.04. The van der Waals surface area contributed by atoms with Crippen LogP contribution in [0, 0.1) is 5.92 Å². The highest BCUT2D eigenvalue weighted by molar-refractivity contribution is 6.07. The first-order valence-corrected chi connectivity index (χ1v) is 6.45. The van der Waals surface area contributed by atoms with Crippen molar-refractivity contribution >= 4 is 11.8 Å². The first-order valence-electron chi connectivity index (χ1n) is 6.45. The minimum atomic E-state index is -0.424. The van der Waals surface area contributed by atoms with E-state index in [9.17, 15) is 9.59 Å². The Labute approximate surface area is 108 Å². The Bertz CT molecular complexity index is 420. The molecule has 1 aromatic rings. The fourth-order valence-corrected chi connectivity index (χ4v) is 1.96. The second-order valence-electron chi connectivity index (χ2n) is 4.14. The molecule has 3 heteroatoms. The molecule has 0 saturated carbocycles. The van der Waals surface area contributed by atoms with E-state index >= 15 is 0 Å². The van der Waals surface area contributed by atoms with Crippen LogP contribution in [-0.2, 0) is 4.74 Å². The van der Waals surface area contributed by atoms with Gasteiger partial charge in [-0.1, -0.05) is 32.0 Å². The van der Waals surface area contributed by atoms with Crippen molar-refractivity contribution in [3.05, 3.63) is 35.4 Å². The Balaban J connectivity index is 3.08. The number of hydrogen-bond donors (Lipinski definition) is 0. The van der Waals surface area contributed by atoms with Gasteiger partial charge in [0, 0.05) is 11.5 Å². The molecule has 0 aliphatic carbocycles. The molecule has 98 valence electrons. The van der Waals surface area contributed by atoms with Gasteiger partial charge in [-0.2, -0.15) is 0 Å². The predicted octanol–water partition coefficient (Wildman–Crippen LogP) is 3.48. The Morgan fingerprint density at radius 2 is 1.61 bits per heavy atom. The molecule has 1 rings (SSSR count). The number of ketones is 1. The summed E-state index contributed by atoms with van der Waals surface area (Å²) >= 11 is 0. The Kier molecular flexibility index (Phi) is 5.56. The molecule has 1 aromatic carbocycles. The SMILES string of the molecule is CCOC(=O)c1ccccc1C(=O)C(CC)CC. The quantitative estimate of drug-likeness (QED) is 0.571. The maximum absolute atomic E-state index is 12.3. The van der Waals surface area contributed by atoms with E-state index in [0.29, 0.717) is 17.7 Å². The van der Waals surface area contributed by atoms with Crippen molar-refractivity contribution < 1.29 is 14.3 Å². The summed E-state index contributed by atoms with van der Waals surface area (Å²) in [6, 6.07) is 6.87. The van der Waals surface area contributed by atoms with E-state index in [2.05, 4.69) is 0 Å². The lowest BCUT2D eigenvalue weighted by atomic mass is 9.90. The monoisotopic (exact) mass is 248 g/mol. The number of carbonyl (C=O) groups is 2. The number of benzene rings is 1. The number of carbonyl (C=O) groups excluding carboxylic acids is 2. The summed E-state index contributed by atoms with van der Waals surface area (Å²) in [6.45, 7) is 6.04. The fraction of sp³-hybridized carbons (Fsp3) is 0.467. The summed E-state index contributed by atoms with van der Waals surface area (Å²) in [5.74, 6) is -0.420. The molecule has 0 unspecified atom stereocenters. The second kappa shape index (κ2) is 6.94.